The lowest BCUT2D eigenvalue weighted by molar-refractivity contribution is 0.723. The molecule has 0 aliphatic heterocycles. The predicted octanol–water partition coefficient (Wildman–Crippen LogP) is 4.17. The number of pyridine rings is 1. The predicted molar refractivity (Wildman–Crippen MR) is 99.0 cm³/mol. The van der Waals surface area contributed by atoms with Crippen LogP contribution in [0.3, 0.4) is 0 Å². The molecule has 0 atom stereocenters. The SMILES string of the molecule is CCCc1nc2c(N)nc3ccccc3c2n1Cc1ccccc1. The molecule has 2 aromatic carbocycles. The van der Waals surface area contributed by atoms with E-state index >= 15 is 0 Å². The average Bonchev–Trinajstić information content (AvgIpc) is 2.96. The molecule has 2 aromatic heterocycles. The van der Waals surface area contributed by atoms with Gasteiger partial charge in [0, 0.05) is 18.4 Å². The Hall–Kier alpha value is -2.88. The number of benzene rings is 2. The van der Waals surface area contributed by atoms with Gasteiger partial charge in [0.25, 0.3) is 0 Å². The molecule has 0 aliphatic carbocycles. The van der Waals surface area contributed by atoms with Crippen LogP contribution in [0.4, 0.5) is 5.82 Å². The Morgan fingerprint density at radius 3 is 2.50 bits per heavy atom. The van der Waals surface area contributed by atoms with Gasteiger partial charge in [-0.3, -0.25) is 0 Å². The zero-order valence-corrected chi connectivity index (χ0v) is 13.7. The van der Waals surface area contributed by atoms with Gasteiger partial charge in [-0.2, -0.15) is 0 Å². The first-order valence-electron chi connectivity index (χ1n) is 8.35. The third-order valence-electron chi connectivity index (χ3n) is 4.35. The van der Waals surface area contributed by atoms with Crippen LogP contribution in [-0.2, 0) is 13.0 Å². The van der Waals surface area contributed by atoms with Crippen molar-refractivity contribution < 1.29 is 0 Å². The lowest BCUT2D eigenvalue weighted by Crippen LogP contribution is -2.05. The van der Waals surface area contributed by atoms with Crippen molar-refractivity contribution in [3.05, 3.63) is 66.0 Å². The van der Waals surface area contributed by atoms with E-state index in [2.05, 4.69) is 46.8 Å². The molecule has 0 fully saturated rings. The first-order chi connectivity index (χ1) is 11.8. The maximum atomic E-state index is 6.21. The fraction of sp³-hybridized carbons (Fsp3) is 0.200. The highest BCUT2D eigenvalue weighted by Gasteiger charge is 2.16. The number of nitrogens with zero attached hydrogens (tertiary/aromatic N) is 3. The molecule has 24 heavy (non-hydrogen) atoms. The van der Waals surface area contributed by atoms with Gasteiger partial charge in [-0.05, 0) is 18.1 Å². The fourth-order valence-electron chi connectivity index (χ4n) is 3.26. The summed E-state index contributed by atoms with van der Waals surface area (Å²) in [6.07, 6.45) is 1.97. The lowest BCUT2D eigenvalue weighted by Gasteiger charge is -2.11. The summed E-state index contributed by atoms with van der Waals surface area (Å²) in [5.74, 6) is 1.58. The van der Waals surface area contributed by atoms with Crippen LogP contribution in [0.5, 0.6) is 0 Å². The van der Waals surface area contributed by atoms with E-state index in [1.54, 1.807) is 0 Å². The zero-order valence-electron chi connectivity index (χ0n) is 13.7. The van der Waals surface area contributed by atoms with Crippen LogP contribution in [0.15, 0.2) is 54.6 Å². The first kappa shape index (κ1) is 14.7. The van der Waals surface area contributed by atoms with Gasteiger partial charge in [0.05, 0.1) is 11.0 Å². The molecule has 4 nitrogen and oxygen atoms in total. The van der Waals surface area contributed by atoms with Crippen molar-refractivity contribution >= 4 is 27.8 Å². The Morgan fingerprint density at radius 1 is 0.958 bits per heavy atom. The van der Waals surface area contributed by atoms with Crippen molar-refractivity contribution in [3.8, 4) is 0 Å². The van der Waals surface area contributed by atoms with E-state index in [1.165, 1.54) is 5.56 Å². The van der Waals surface area contributed by atoms with Crippen LogP contribution in [0.2, 0.25) is 0 Å². The smallest absolute Gasteiger partial charge is 0.152 e. The summed E-state index contributed by atoms with van der Waals surface area (Å²) in [6, 6.07) is 18.6. The fourth-order valence-corrected chi connectivity index (χ4v) is 3.26. The second kappa shape index (κ2) is 5.96. The van der Waals surface area contributed by atoms with Crippen LogP contribution >= 0.6 is 0 Å². The van der Waals surface area contributed by atoms with Crippen molar-refractivity contribution in [2.45, 2.75) is 26.3 Å². The number of nitrogen functional groups attached to an aromatic ring is 1. The molecule has 120 valence electrons. The largest absolute Gasteiger partial charge is 0.382 e. The molecule has 0 spiro atoms. The summed E-state index contributed by atoms with van der Waals surface area (Å²) >= 11 is 0. The molecule has 4 rings (SSSR count). The normalized spacial score (nSPS) is 11.4. The van der Waals surface area contributed by atoms with Crippen molar-refractivity contribution in [2.24, 2.45) is 0 Å². The molecular formula is C20H20N4. The second-order valence-corrected chi connectivity index (χ2v) is 6.06. The third-order valence-corrected chi connectivity index (χ3v) is 4.35. The molecule has 4 heteroatoms. The maximum Gasteiger partial charge on any atom is 0.152 e. The van der Waals surface area contributed by atoms with Crippen molar-refractivity contribution in [2.75, 3.05) is 5.73 Å². The van der Waals surface area contributed by atoms with E-state index in [-0.39, 0.29) is 0 Å². The zero-order chi connectivity index (χ0) is 16.5. The number of anilines is 1. The van der Waals surface area contributed by atoms with Crippen molar-refractivity contribution in [1.82, 2.24) is 14.5 Å². The Labute approximate surface area is 141 Å². The molecule has 0 saturated carbocycles. The first-order valence-corrected chi connectivity index (χ1v) is 8.35. The number of rotatable bonds is 4. The van der Waals surface area contributed by atoms with Gasteiger partial charge in [0.15, 0.2) is 5.82 Å². The standard InChI is InChI=1S/C20H20N4/c1-2-8-17-23-18-19(24(17)13-14-9-4-3-5-10-14)15-11-6-7-12-16(15)22-20(18)21/h3-7,9-12H,2,8,13H2,1H3,(H2,21,22). The average molecular weight is 316 g/mol. The highest BCUT2D eigenvalue weighted by molar-refractivity contribution is 6.06. The number of para-hydroxylation sites is 1. The van der Waals surface area contributed by atoms with Gasteiger partial charge < -0.3 is 10.3 Å². The number of nitrogens with two attached hydrogens (primary N) is 1. The molecule has 0 aliphatic rings. The molecule has 0 amide bonds. The third kappa shape index (κ3) is 2.40. The summed E-state index contributed by atoms with van der Waals surface area (Å²) < 4.78 is 2.30. The number of imidazole rings is 1. The summed E-state index contributed by atoms with van der Waals surface area (Å²) in [7, 11) is 0. The number of fused-ring (bicyclic) bond motifs is 3. The van der Waals surface area contributed by atoms with Gasteiger partial charge in [-0.15, -0.1) is 0 Å². The van der Waals surface area contributed by atoms with Gasteiger partial charge in [-0.1, -0.05) is 55.5 Å². The Bertz CT molecular complexity index is 1000. The highest BCUT2D eigenvalue weighted by Crippen LogP contribution is 2.29. The van der Waals surface area contributed by atoms with Crippen LogP contribution in [0.25, 0.3) is 21.9 Å². The van der Waals surface area contributed by atoms with E-state index in [0.717, 1.165) is 47.1 Å². The minimum atomic E-state index is 0.507. The van der Waals surface area contributed by atoms with Gasteiger partial charge in [0.1, 0.15) is 11.3 Å². The molecule has 0 unspecified atom stereocenters. The minimum Gasteiger partial charge on any atom is -0.382 e. The van der Waals surface area contributed by atoms with Gasteiger partial charge in [-0.25, -0.2) is 9.97 Å². The summed E-state index contributed by atoms with van der Waals surface area (Å²) in [4.78, 5) is 9.35. The molecule has 0 radical (unpaired) electrons. The Balaban J connectivity index is 2.02. The molecule has 2 heterocycles. The molecular weight excluding hydrogens is 296 g/mol. The summed E-state index contributed by atoms with van der Waals surface area (Å²) in [5.41, 5.74) is 10.3. The molecule has 2 N–H and O–H groups in total. The van der Waals surface area contributed by atoms with E-state index in [9.17, 15) is 0 Å². The number of hydrogen-bond acceptors (Lipinski definition) is 3. The monoisotopic (exact) mass is 316 g/mol. The number of aryl methyl sites for hydroxylation is 1. The summed E-state index contributed by atoms with van der Waals surface area (Å²) in [6.45, 7) is 2.96. The number of hydrogen-bond donors (Lipinski definition) is 1. The Morgan fingerprint density at radius 2 is 1.71 bits per heavy atom. The van der Waals surface area contributed by atoms with Crippen LogP contribution in [0, 0.1) is 0 Å². The van der Waals surface area contributed by atoms with E-state index in [4.69, 9.17) is 10.7 Å². The van der Waals surface area contributed by atoms with E-state index in [0.29, 0.717) is 5.82 Å². The van der Waals surface area contributed by atoms with Crippen LogP contribution in [-0.4, -0.2) is 14.5 Å². The van der Waals surface area contributed by atoms with Crippen molar-refractivity contribution in [3.63, 3.8) is 0 Å². The van der Waals surface area contributed by atoms with E-state index in [1.807, 2.05) is 24.3 Å². The van der Waals surface area contributed by atoms with Gasteiger partial charge in [0.2, 0.25) is 0 Å². The van der Waals surface area contributed by atoms with E-state index < -0.39 is 0 Å². The molecule has 4 aromatic rings. The van der Waals surface area contributed by atoms with Crippen LogP contribution < -0.4 is 5.73 Å². The molecule has 0 bridgehead atoms. The Kier molecular flexibility index (Phi) is 3.65. The second-order valence-electron chi connectivity index (χ2n) is 6.06. The van der Waals surface area contributed by atoms with Crippen LogP contribution in [0.1, 0.15) is 24.7 Å². The lowest BCUT2D eigenvalue weighted by atomic mass is 10.1. The number of aromatic nitrogens is 3. The quantitative estimate of drug-likeness (QED) is 0.615. The highest BCUT2D eigenvalue weighted by atomic mass is 15.1. The van der Waals surface area contributed by atoms with Crippen molar-refractivity contribution in [1.29, 1.82) is 0 Å². The minimum absolute atomic E-state index is 0.507. The van der Waals surface area contributed by atoms with Gasteiger partial charge >= 0.3 is 0 Å². The molecule has 0 saturated heterocycles. The summed E-state index contributed by atoms with van der Waals surface area (Å²) in [5, 5.41) is 1.10. The maximum absolute atomic E-state index is 6.21. The topological polar surface area (TPSA) is 56.7 Å².